The van der Waals surface area contributed by atoms with Crippen molar-refractivity contribution in [2.75, 3.05) is 5.32 Å². The van der Waals surface area contributed by atoms with Crippen LogP contribution in [0.4, 0.5) is 5.69 Å². The summed E-state index contributed by atoms with van der Waals surface area (Å²) in [6.07, 6.45) is 3.21. The van der Waals surface area contributed by atoms with Crippen molar-refractivity contribution in [3.8, 4) is 11.3 Å². The van der Waals surface area contributed by atoms with E-state index in [1.807, 2.05) is 37.3 Å². The van der Waals surface area contributed by atoms with Gasteiger partial charge in [-0.15, -0.1) is 0 Å². The second-order valence-corrected chi connectivity index (χ2v) is 7.92. The molecule has 146 valence electrons. The number of nitrogens with zero attached hydrogens (tertiary/aromatic N) is 3. The summed E-state index contributed by atoms with van der Waals surface area (Å²) in [6, 6.07) is 14.6. The normalized spacial score (nSPS) is 11.0. The van der Waals surface area contributed by atoms with Crippen LogP contribution in [0, 0.1) is 6.92 Å². The van der Waals surface area contributed by atoms with Gasteiger partial charge >= 0.3 is 0 Å². The van der Waals surface area contributed by atoms with Crippen LogP contribution in [0.5, 0.6) is 0 Å². The summed E-state index contributed by atoms with van der Waals surface area (Å²) < 4.78 is 3.66. The minimum atomic E-state index is -0.293. The van der Waals surface area contributed by atoms with Gasteiger partial charge in [0.2, 0.25) is 5.91 Å². The number of anilines is 1. The first-order chi connectivity index (χ1) is 13.9. The smallest absolute Gasteiger partial charge is 0.277 e. The highest BCUT2D eigenvalue weighted by molar-refractivity contribution is 9.10. The van der Waals surface area contributed by atoms with E-state index >= 15 is 0 Å². The van der Waals surface area contributed by atoms with Crippen LogP contribution in [-0.2, 0) is 11.3 Å². The van der Waals surface area contributed by atoms with Crippen LogP contribution in [0.1, 0.15) is 5.56 Å². The Hall–Kier alpha value is -2.90. The zero-order valence-corrected chi connectivity index (χ0v) is 17.7. The minimum absolute atomic E-state index is 0.100. The lowest BCUT2D eigenvalue weighted by atomic mass is 10.1. The lowest BCUT2D eigenvalue weighted by Crippen LogP contribution is -2.28. The number of carbonyl (C=O) groups is 1. The van der Waals surface area contributed by atoms with Crippen molar-refractivity contribution in [1.29, 1.82) is 0 Å². The zero-order valence-electron chi connectivity index (χ0n) is 15.4. The second-order valence-electron chi connectivity index (χ2n) is 6.63. The Morgan fingerprint density at radius 1 is 1.14 bits per heavy atom. The van der Waals surface area contributed by atoms with Gasteiger partial charge in [-0.05, 0) is 58.7 Å². The van der Waals surface area contributed by atoms with Gasteiger partial charge < -0.3 is 9.88 Å². The number of hydrogen-bond acceptors (Lipinski definition) is 3. The number of fused-ring (bicyclic) bond motifs is 1. The molecule has 0 aliphatic carbocycles. The van der Waals surface area contributed by atoms with Gasteiger partial charge in [0.1, 0.15) is 12.1 Å². The first kappa shape index (κ1) is 19.4. The van der Waals surface area contributed by atoms with E-state index in [4.69, 9.17) is 11.6 Å². The maximum atomic E-state index is 12.8. The molecule has 29 heavy (non-hydrogen) atoms. The summed E-state index contributed by atoms with van der Waals surface area (Å²) in [5, 5.41) is 7.88. The highest BCUT2D eigenvalue weighted by Gasteiger charge is 2.12. The van der Waals surface area contributed by atoms with Gasteiger partial charge in [0, 0.05) is 27.5 Å². The fourth-order valence-corrected chi connectivity index (χ4v) is 3.70. The number of carbonyl (C=O) groups excluding carboxylic acids is 1. The number of rotatable bonds is 4. The molecule has 0 bridgehead atoms. The van der Waals surface area contributed by atoms with Gasteiger partial charge in [-0.25, -0.2) is 4.52 Å². The lowest BCUT2D eigenvalue weighted by molar-refractivity contribution is -0.116. The molecule has 0 aliphatic heterocycles. The molecule has 2 aromatic heterocycles. The number of aromatic nitrogens is 3. The Labute approximate surface area is 179 Å². The number of nitrogens with one attached hydrogen (secondary N) is 1. The van der Waals surface area contributed by atoms with Crippen LogP contribution in [0.25, 0.3) is 16.8 Å². The van der Waals surface area contributed by atoms with E-state index in [0.717, 1.165) is 15.6 Å². The SMILES string of the molecule is Cc1ccc(NC(=O)Cn2ccn3nc(-c4ccc(Cl)cc4)cc3c2=O)c(Br)c1. The Morgan fingerprint density at radius 2 is 1.90 bits per heavy atom. The van der Waals surface area contributed by atoms with Crippen molar-refractivity contribution in [3.05, 3.63) is 86.3 Å². The van der Waals surface area contributed by atoms with Crippen LogP contribution < -0.4 is 10.9 Å². The maximum Gasteiger partial charge on any atom is 0.277 e. The van der Waals surface area contributed by atoms with E-state index in [-0.39, 0.29) is 18.0 Å². The molecule has 0 fully saturated rings. The third kappa shape index (κ3) is 4.11. The number of amides is 1. The van der Waals surface area contributed by atoms with Gasteiger partial charge in [0.25, 0.3) is 5.56 Å². The minimum Gasteiger partial charge on any atom is -0.324 e. The molecular weight excluding hydrogens is 456 g/mol. The molecule has 2 heterocycles. The summed E-state index contributed by atoms with van der Waals surface area (Å²) in [6.45, 7) is 1.87. The van der Waals surface area contributed by atoms with E-state index < -0.39 is 0 Å². The maximum absolute atomic E-state index is 12.8. The van der Waals surface area contributed by atoms with Gasteiger partial charge in [-0.2, -0.15) is 5.10 Å². The lowest BCUT2D eigenvalue weighted by Gasteiger charge is -2.09. The predicted molar refractivity (Wildman–Crippen MR) is 117 cm³/mol. The number of halogens is 2. The van der Waals surface area contributed by atoms with Crippen LogP contribution in [0.2, 0.25) is 5.02 Å². The van der Waals surface area contributed by atoms with Crippen molar-refractivity contribution in [2.24, 2.45) is 0 Å². The Kier molecular flexibility index (Phi) is 5.25. The highest BCUT2D eigenvalue weighted by Crippen LogP contribution is 2.23. The molecule has 0 saturated heterocycles. The third-order valence-corrected chi connectivity index (χ3v) is 5.36. The molecular formula is C21H16BrClN4O2. The fraction of sp³-hybridized carbons (Fsp3) is 0.0952. The molecule has 8 heteroatoms. The van der Waals surface area contributed by atoms with E-state index in [2.05, 4.69) is 26.3 Å². The molecule has 6 nitrogen and oxygen atoms in total. The number of benzene rings is 2. The number of aryl methyl sites for hydroxylation is 1. The monoisotopic (exact) mass is 470 g/mol. The molecule has 4 aromatic rings. The van der Waals surface area contributed by atoms with E-state index in [0.29, 0.717) is 21.9 Å². The Bertz CT molecular complexity index is 1280. The summed E-state index contributed by atoms with van der Waals surface area (Å²) in [5.41, 5.74) is 3.34. The van der Waals surface area contributed by atoms with E-state index in [9.17, 15) is 9.59 Å². The summed E-state index contributed by atoms with van der Waals surface area (Å²) in [5.74, 6) is -0.293. The molecule has 0 spiro atoms. The summed E-state index contributed by atoms with van der Waals surface area (Å²) in [7, 11) is 0. The first-order valence-corrected chi connectivity index (χ1v) is 9.98. The van der Waals surface area contributed by atoms with Crippen LogP contribution in [0.15, 0.2) is 70.2 Å². The average Bonchev–Trinajstić information content (AvgIpc) is 3.12. The van der Waals surface area contributed by atoms with Gasteiger partial charge in [-0.3, -0.25) is 9.59 Å². The third-order valence-electron chi connectivity index (χ3n) is 4.46. The van der Waals surface area contributed by atoms with Gasteiger partial charge in [-0.1, -0.05) is 29.8 Å². The highest BCUT2D eigenvalue weighted by atomic mass is 79.9. The molecule has 0 aliphatic rings. The molecule has 0 saturated carbocycles. The quantitative estimate of drug-likeness (QED) is 0.476. The topological polar surface area (TPSA) is 68.4 Å². The summed E-state index contributed by atoms with van der Waals surface area (Å²) in [4.78, 5) is 25.3. The van der Waals surface area contributed by atoms with E-state index in [1.54, 1.807) is 30.6 Å². The van der Waals surface area contributed by atoms with Crippen molar-refractivity contribution in [2.45, 2.75) is 13.5 Å². The molecule has 2 aromatic carbocycles. The molecule has 0 radical (unpaired) electrons. The largest absolute Gasteiger partial charge is 0.324 e. The Morgan fingerprint density at radius 3 is 2.62 bits per heavy atom. The van der Waals surface area contributed by atoms with E-state index in [1.165, 1.54) is 9.08 Å². The van der Waals surface area contributed by atoms with Crippen molar-refractivity contribution < 1.29 is 4.79 Å². The number of hydrogen-bond donors (Lipinski definition) is 1. The second kappa shape index (κ2) is 7.85. The first-order valence-electron chi connectivity index (χ1n) is 8.81. The van der Waals surface area contributed by atoms with Crippen molar-refractivity contribution >= 4 is 44.6 Å². The molecule has 0 unspecified atom stereocenters. The van der Waals surface area contributed by atoms with Crippen molar-refractivity contribution in [3.63, 3.8) is 0 Å². The fourth-order valence-electron chi connectivity index (χ4n) is 2.98. The average molecular weight is 472 g/mol. The van der Waals surface area contributed by atoms with Crippen LogP contribution >= 0.6 is 27.5 Å². The van der Waals surface area contributed by atoms with Crippen molar-refractivity contribution in [1.82, 2.24) is 14.2 Å². The standard InChI is InChI=1S/C21H16BrClN4O2/c1-13-2-7-17(16(22)10-13)24-20(28)12-26-8-9-27-19(21(26)29)11-18(25-27)14-3-5-15(23)6-4-14/h2-11H,12H2,1H3,(H,24,28). The summed E-state index contributed by atoms with van der Waals surface area (Å²) >= 11 is 9.36. The predicted octanol–water partition coefficient (Wildman–Crippen LogP) is 4.53. The van der Waals surface area contributed by atoms with Gasteiger partial charge in [0.05, 0.1) is 11.4 Å². The van der Waals surface area contributed by atoms with Crippen LogP contribution in [-0.4, -0.2) is 20.1 Å². The molecule has 1 amide bonds. The Balaban J connectivity index is 1.59. The molecule has 0 atom stereocenters. The zero-order chi connectivity index (χ0) is 20.5. The van der Waals surface area contributed by atoms with Gasteiger partial charge in [0.15, 0.2) is 0 Å². The molecule has 1 N–H and O–H groups in total. The molecule has 4 rings (SSSR count). The van der Waals surface area contributed by atoms with Crippen LogP contribution in [0.3, 0.4) is 0 Å².